The molecule has 138 valence electrons. The fourth-order valence-electron chi connectivity index (χ4n) is 2.96. The highest BCUT2D eigenvalue weighted by Crippen LogP contribution is 2.23. The van der Waals surface area contributed by atoms with Gasteiger partial charge in [-0.3, -0.25) is 9.36 Å². The molecular formula is C17H14ClN5O3S. The lowest BCUT2D eigenvalue weighted by molar-refractivity contribution is 0.0996. The van der Waals surface area contributed by atoms with Crippen molar-refractivity contribution in [3.05, 3.63) is 58.7 Å². The molecule has 0 saturated carbocycles. The number of nitrogens with zero attached hydrogens (tertiary/aromatic N) is 3. The number of anilines is 1. The number of aromatic nitrogens is 2. The summed E-state index contributed by atoms with van der Waals surface area (Å²) in [5.74, 6) is 0.230. The van der Waals surface area contributed by atoms with Gasteiger partial charge in [0.25, 0.3) is 5.91 Å². The number of para-hydroxylation sites is 1. The van der Waals surface area contributed by atoms with Crippen molar-refractivity contribution in [3.63, 3.8) is 0 Å². The Morgan fingerprint density at radius 3 is 2.78 bits per heavy atom. The third-order valence-corrected chi connectivity index (χ3v) is 5.44. The number of nitrogens with one attached hydrogen (secondary N) is 1. The number of benzene rings is 2. The van der Waals surface area contributed by atoms with Gasteiger partial charge in [0.1, 0.15) is 5.82 Å². The summed E-state index contributed by atoms with van der Waals surface area (Å²) in [4.78, 5) is 21.0. The summed E-state index contributed by atoms with van der Waals surface area (Å²) in [5, 5.41) is 9.25. The minimum atomic E-state index is -3.91. The molecule has 1 aliphatic heterocycles. The normalized spacial score (nSPS) is 14.2. The van der Waals surface area contributed by atoms with Crippen LogP contribution in [0.25, 0.3) is 10.9 Å². The Kier molecular flexibility index (Phi) is 4.22. The monoisotopic (exact) mass is 403 g/mol. The number of halogens is 1. The maximum absolute atomic E-state index is 12.6. The van der Waals surface area contributed by atoms with Gasteiger partial charge in [-0.1, -0.05) is 23.7 Å². The van der Waals surface area contributed by atoms with Crippen LogP contribution in [0.2, 0.25) is 5.02 Å². The van der Waals surface area contributed by atoms with E-state index in [4.69, 9.17) is 16.7 Å². The van der Waals surface area contributed by atoms with E-state index in [1.165, 1.54) is 12.1 Å². The average Bonchev–Trinajstić information content (AvgIpc) is 3.11. The molecule has 4 rings (SSSR count). The fourth-order valence-corrected chi connectivity index (χ4v) is 3.82. The van der Waals surface area contributed by atoms with Crippen LogP contribution < -0.4 is 16.1 Å². The number of fused-ring (bicyclic) bond motifs is 3. The fraction of sp³-hybridized carbons (Fsp3) is 0.118. The minimum Gasteiger partial charge on any atom is -0.369 e. The Morgan fingerprint density at radius 1 is 1.26 bits per heavy atom. The molecule has 1 aliphatic rings. The molecule has 10 heteroatoms. The number of rotatable bonds is 2. The molecule has 0 saturated heterocycles. The first kappa shape index (κ1) is 17.7. The highest BCUT2D eigenvalue weighted by molar-refractivity contribution is 7.89. The number of primary sulfonamides is 1. The molecule has 0 aliphatic carbocycles. The van der Waals surface area contributed by atoms with Gasteiger partial charge in [-0.2, -0.15) is 4.99 Å². The SMILES string of the molecule is NS(=O)(=O)c1ccc(C(=O)N=c2nc3ccccc3c3n2CCN3)c(Cl)c1. The van der Waals surface area contributed by atoms with Gasteiger partial charge in [-0.25, -0.2) is 18.5 Å². The zero-order chi connectivity index (χ0) is 19.2. The highest BCUT2D eigenvalue weighted by Gasteiger charge is 2.18. The van der Waals surface area contributed by atoms with Crippen molar-refractivity contribution in [1.82, 2.24) is 9.55 Å². The Morgan fingerprint density at radius 2 is 2.04 bits per heavy atom. The molecule has 0 unspecified atom stereocenters. The molecule has 0 radical (unpaired) electrons. The second-order valence-corrected chi connectivity index (χ2v) is 7.93. The predicted octanol–water partition coefficient (Wildman–Crippen LogP) is 1.50. The summed E-state index contributed by atoms with van der Waals surface area (Å²) in [5.41, 5.74) is 1.03. The number of sulfonamides is 1. The summed E-state index contributed by atoms with van der Waals surface area (Å²) in [6.07, 6.45) is 0. The van der Waals surface area contributed by atoms with Crippen LogP contribution in [0.15, 0.2) is 52.4 Å². The van der Waals surface area contributed by atoms with Crippen molar-refractivity contribution in [2.75, 3.05) is 11.9 Å². The van der Waals surface area contributed by atoms with Crippen molar-refractivity contribution in [2.45, 2.75) is 11.4 Å². The zero-order valence-electron chi connectivity index (χ0n) is 13.9. The predicted molar refractivity (Wildman–Crippen MR) is 101 cm³/mol. The van der Waals surface area contributed by atoms with E-state index in [0.717, 1.165) is 17.3 Å². The first-order valence-corrected chi connectivity index (χ1v) is 9.92. The molecule has 3 N–H and O–H groups in total. The quantitative estimate of drug-likeness (QED) is 0.672. The van der Waals surface area contributed by atoms with E-state index >= 15 is 0 Å². The molecule has 1 aromatic heterocycles. The summed E-state index contributed by atoms with van der Waals surface area (Å²) >= 11 is 6.07. The maximum atomic E-state index is 12.6. The summed E-state index contributed by atoms with van der Waals surface area (Å²) in [6.45, 7) is 1.33. The summed E-state index contributed by atoms with van der Waals surface area (Å²) in [6, 6.07) is 11.2. The van der Waals surface area contributed by atoms with Gasteiger partial charge in [0, 0.05) is 18.5 Å². The maximum Gasteiger partial charge on any atom is 0.281 e. The Labute approximate surface area is 159 Å². The van der Waals surface area contributed by atoms with Gasteiger partial charge in [-0.15, -0.1) is 0 Å². The molecule has 0 fully saturated rings. The Bertz CT molecular complexity index is 1270. The van der Waals surface area contributed by atoms with E-state index < -0.39 is 15.9 Å². The number of hydrogen-bond donors (Lipinski definition) is 2. The molecule has 1 amide bonds. The van der Waals surface area contributed by atoms with E-state index in [9.17, 15) is 13.2 Å². The molecule has 0 atom stereocenters. The third-order valence-electron chi connectivity index (χ3n) is 4.22. The second kappa shape index (κ2) is 6.45. The van der Waals surface area contributed by atoms with Crippen molar-refractivity contribution in [2.24, 2.45) is 10.1 Å². The zero-order valence-corrected chi connectivity index (χ0v) is 15.5. The van der Waals surface area contributed by atoms with Crippen LogP contribution in [-0.2, 0) is 16.6 Å². The number of hydrogen-bond acceptors (Lipinski definition) is 5. The van der Waals surface area contributed by atoms with Crippen LogP contribution in [0.3, 0.4) is 0 Å². The van der Waals surface area contributed by atoms with Crippen LogP contribution in [0.4, 0.5) is 5.82 Å². The lowest BCUT2D eigenvalue weighted by atomic mass is 10.2. The van der Waals surface area contributed by atoms with Crippen LogP contribution in [0.5, 0.6) is 0 Å². The van der Waals surface area contributed by atoms with Crippen molar-refractivity contribution < 1.29 is 13.2 Å². The second-order valence-electron chi connectivity index (χ2n) is 5.96. The van der Waals surface area contributed by atoms with Crippen molar-refractivity contribution in [1.29, 1.82) is 0 Å². The molecule has 0 bridgehead atoms. The summed E-state index contributed by atoms with van der Waals surface area (Å²) < 4.78 is 24.6. The first-order valence-electron chi connectivity index (χ1n) is 7.99. The average molecular weight is 404 g/mol. The van der Waals surface area contributed by atoms with E-state index in [-0.39, 0.29) is 21.1 Å². The molecule has 0 spiro atoms. The number of carbonyl (C=O) groups is 1. The van der Waals surface area contributed by atoms with Crippen molar-refractivity contribution in [3.8, 4) is 0 Å². The lowest BCUT2D eigenvalue weighted by Gasteiger charge is -2.08. The molecule has 27 heavy (non-hydrogen) atoms. The van der Waals surface area contributed by atoms with Gasteiger partial charge < -0.3 is 5.32 Å². The third kappa shape index (κ3) is 3.20. The molecule has 2 heterocycles. The van der Waals surface area contributed by atoms with Gasteiger partial charge in [0.15, 0.2) is 0 Å². The van der Waals surface area contributed by atoms with E-state index in [1.54, 1.807) is 0 Å². The van der Waals surface area contributed by atoms with Gasteiger partial charge >= 0.3 is 0 Å². The lowest BCUT2D eigenvalue weighted by Crippen LogP contribution is -2.24. The highest BCUT2D eigenvalue weighted by atomic mass is 35.5. The van der Waals surface area contributed by atoms with Gasteiger partial charge in [0.05, 0.1) is 21.0 Å². The van der Waals surface area contributed by atoms with Gasteiger partial charge in [0.2, 0.25) is 15.6 Å². The molecular weight excluding hydrogens is 390 g/mol. The number of carbonyl (C=O) groups excluding carboxylic acids is 1. The Balaban J connectivity index is 1.84. The molecule has 8 nitrogen and oxygen atoms in total. The summed E-state index contributed by atoms with van der Waals surface area (Å²) in [7, 11) is -3.91. The number of nitrogens with two attached hydrogens (primary N) is 1. The van der Waals surface area contributed by atoms with Gasteiger partial charge in [-0.05, 0) is 30.3 Å². The van der Waals surface area contributed by atoms with E-state index in [2.05, 4.69) is 15.3 Å². The van der Waals surface area contributed by atoms with Crippen LogP contribution in [-0.4, -0.2) is 30.4 Å². The standard InChI is InChI=1S/C17H14ClN5O3S/c18-13-9-10(27(19,25)26)5-6-11(13)16(24)22-17-21-14-4-2-1-3-12(14)15-20-7-8-23(15)17/h1-6,9,20H,7-8H2,(H2,19,25,26). The smallest absolute Gasteiger partial charge is 0.281 e. The van der Waals surface area contributed by atoms with E-state index in [0.29, 0.717) is 18.6 Å². The van der Waals surface area contributed by atoms with Crippen molar-refractivity contribution >= 4 is 44.3 Å². The van der Waals surface area contributed by atoms with Crippen LogP contribution >= 0.6 is 11.6 Å². The minimum absolute atomic E-state index is 0.0455. The molecule has 2 aromatic carbocycles. The molecule has 3 aromatic rings. The Hall–Kier alpha value is -2.75. The van der Waals surface area contributed by atoms with E-state index in [1.807, 2.05) is 28.8 Å². The topological polar surface area (TPSA) is 119 Å². The number of amides is 1. The largest absolute Gasteiger partial charge is 0.369 e. The first-order chi connectivity index (χ1) is 12.8. The van der Waals surface area contributed by atoms with Crippen LogP contribution in [0, 0.1) is 0 Å². The van der Waals surface area contributed by atoms with Crippen LogP contribution in [0.1, 0.15) is 10.4 Å².